The fraction of sp³-hybridized carbons (Fsp3) is 0.167. The molecule has 136 valence electrons. The molecule has 2 rings (SSSR count). The molecule has 0 atom stereocenters. The van der Waals surface area contributed by atoms with Crippen LogP contribution in [-0.2, 0) is 19.1 Å². The molecular weight excluding hydrogens is 451 g/mol. The highest BCUT2D eigenvalue weighted by molar-refractivity contribution is 14.1. The molecule has 2 amide bonds. The predicted octanol–water partition coefficient (Wildman–Crippen LogP) is 1.97. The SMILES string of the molecule is O=C(COc1ccccc1)NCC(=O)OCC(=O)Nc1ccccc1I. The summed E-state index contributed by atoms with van der Waals surface area (Å²) in [5, 5.41) is 5.00. The van der Waals surface area contributed by atoms with E-state index in [1.54, 1.807) is 36.4 Å². The highest BCUT2D eigenvalue weighted by atomic mass is 127. The number of esters is 1. The van der Waals surface area contributed by atoms with Gasteiger partial charge in [0, 0.05) is 3.57 Å². The van der Waals surface area contributed by atoms with Crippen molar-refractivity contribution in [3.8, 4) is 5.75 Å². The molecule has 2 aromatic carbocycles. The Bertz CT molecular complexity index is 767. The quantitative estimate of drug-likeness (QED) is 0.457. The van der Waals surface area contributed by atoms with Crippen LogP contribution in [0.4, 0.5) is 5.69 Å². The molecule has 0 saturated heterocycles. The van der Waals surface area contributed by atoms with Gasteiger partial charge in [0.15, 0.2) is 13.2 Å². The third-order valence-corrected chi connectivity index (χ3v) is 4.00. The van der Waals surface area contributed by atoms with E-state index in [0.29, 0.717) is 11.4 Å². The largest absolute Gasteiger partial charge is 0.484 e. The molecule has 0 spiro atoms. The van der Waals surface area contributed by atoms with Crippen molar-refractivity contribution in [3.05, 3.63) is 58.2 Å². The molecule has 2 aromatic rings. The predicted molar refractivity (Wildman–Crippen MR) is 104 cm³/mol. The van der Waals surface area contributed by atoms with E-state index in [9.17, 15) is 14.4 Å². The summed E-state index contributed by atoms with van der Waals surface area (Å²) in [7, 11) is 0. The zero-order valence-electron chi connectivity index (χ0n) is 13.7. The third kappa shape index (κ3) is 7.09. The Morgan fingerprint density at radius 2 is 1.58 bits per heavy atom. The van der Waals surface area contributed by atoms with Crippen molar-refractivity contribution in [3.63, 3.8) is 0 Å². The Morgan fingerprint density at radius 1 is 0.885 bits per heavy atom. The Labute approximate surface area is 164 Å². The first-order chi connectivity index (χ1) is 12.5. The van der Waals surface area contributed by atoms with Crippen LogP contribution in [0.2, 0.25) is 0 Å². The van der Waals surface area contributed by atoms with E-state index in [-0.39, 0.29) is 13.2 Å². The van der Waals surface area contributed by atoms with Gasteiger partial charge in [-0.25, -0.2) is 0 Å². The van der Waals surface area contributed by atoms with E-state index in [0.717, 1.165) is 3.57 Å². The highest BCUT2D eigenvalue weighted by Gasteiger charge is 2.11. The first-order valence-corrected chi connectivity index (χ1v) is 8.77. The lowest BCUT2D eigenvalue weighted by molar-refractivity contribution is -0.147. The van der Waals surface area contributed by atoms with Gasteiger partial charge in [-0.05, 0) is 46.9 Å². The number of ether oxygens (including phenoxy) is 2. The van der Waals surface area contributed by atoms with Crippen LogP contribution in [-0.4, -0.2) is 37.5 Å². The van der Waals surface area contributed by atoms with Crippen LogP contribution < -0.4 is 15.4 Å². The van der Waals surface area contributed by atoms with E-state index in [2.05, 4.69) is 33.2 Å². The summed E-state index contributed by atoms with van der Waals surface area (Å²) >= 11 is 2.09. The maximum atomic E-state index is 11.8. The Balaban J connectivity index is 1.63. The average molecular weight is 468 g/mol. The van der Waals surface area contributed by atoms with E-state index < -0.39 is 24.4 Å². The summed E-state index contributed by atoms with van der Waals surface area (Å²) in [4.78, 5) is 35.0. The molecule has 8 heteroatoms. The van der Waals surface area contributed by atoms with Crippen LogP contribution in [0, 0.1) is 3.57 Å². The van der Waals surface area contributed by atoms with Gasteiger partial charge < -0.3 is 20.1 Å². The van der Waals surface area contributed by atoms with Gasteiger partial charge in [-0.15, -0.1) is 0 Å². The number of carbonyl (C=O) groups excluding carboxylic acids is 3. The van der Waals surface area contributed by atoms with Gasteiger partial charge in [-0.2, -0.15) is 0 Å². The first-order valence-electron chi connectivity index (χ1n) is 7.69. The molecule has 7 nitrogen and oxygen atoms in total. The minimum atomic E-state index is -0.712. The zero-order valence-corrected chi connectivity index (χ0v) is 15.9. The minimum Gasteiger partial charge on any atom is -0.484 e. The van der Waals surface area contributed by atoms with E-state index in [4.69, 9.17) is 9.47 Å². The van der Waals surface area contributed by atoms with Gasteiger partial charge >= 0.3 is 5.97 Å². The van der Waals surface area contributed by atoms with Gasteiger partial charge in [0.2, 0.25) is 0 Å². The molecule has 0 fully saturated rings. The van der Waals surface area contributed by atoms with Crippen LogP contribution in [0.5, 0.6) is 5.75 Å². The molecule has 2 N–H and O–H groups in total. The molecule has 26 heavy (non-hydrogen) atoms. The smallest absolute Gasteiger partial charge is 0.325 e. The lowest BCUT2D eigenvalue weighted by Gasteiger charge is -2.09. The molecule has 0 aliphatic carbocycles. The van der Waals surface area contributed by atoms with Gasteiger partial charge in [0.05, 0.1) is 5.69 Å². The van der Waals surface area contributed by atoms with Crippen molar-refractivity contribution in [2.24, 2.45) is 0 Å². The second kappa shape index (κ2) is 10.4. The fourth-order valence-electron chi connectivity index (χ4n) is 1.83. The van der Waals surface area contributed by atoms with Crippen LogP contribution in [0.3, 0.4) is 0 Å². The monoisotopic (exact) mass is 468 g/mol. The summed E-state index contributed by atoms with van der Waals surface area (Å²) < 4.78 is 10.9. The van der Waals surface area contributed by atoms with Crippen LogP contribution in [0.25, 0.3) is 0 Å². The molecule has 0 aliphatic rings. The second-order valence-electron chi connectivity index (χ2n) is 5.07. The van der Waals surface area contributed by atoms with Crippen molar-refractivity contribution in [1.29, 1.82) is 0 Å². The third-order valence-electron chi connectivity index (χ3n) is 3.06. The zero-order chi connectivity index (χ0) is 18.8. The summed E-state index contributed by atoms with van der Waals surface area (Å²) in [6.07, 6.45) is 0. The summed E-state index contributed by atoms with van der Waals surface area (Å²) in [6, 6.07) is 16.1. The summed E-state index contributed by atoms with van der Waals surface area (Å²) in [5.74, 6) is -1.08. The molecule has 0 radical (unpaired) electrons. The number of hydrogen-bond acceptors (Lipinski definition) is 5. The number of halogens is 1. The van der Waals surface area contributed by atoms with Crippen molar-refractivity contribution in [2.45, 2.75) is 0 Å². The van der Waals surface area contributed by atoms with E-state index in [1.165, 1.54) is 0 Å². The number of nitrogens with one attached hydrogen (secondary N) is 2. The van der Waals surface area contributed by atoms with Crippen molar-refractivity contribution >= 4 is 46.1 Å². The van der Waals surface area contributed by atoms with Gasteiger partial charge in [-0.3, -0.25) is 14.4 Å². The van der Waals surface area contributed by atoms with Gasteiger partial charge in [-0.1, -0.05) is 30.3 Å². The Kier molecular flexibility index (Phi) is 7.87. The topological polar surface area (TPSA) is 93.7 Å². The summed E-state index contributed by atoms with van der Waals surface area (Å²) in [6.45, 7) is -0.989. The number of benzene rings is 2. The number of para-hydroxylation sites is 2. The van der Waals surface area contributed by atoms with Crippen molar-refractivity contribution in [2.75, 3.05) is 25.1 Å². The minimum absolute atomic E-state index is 0.218. The second-order valence-corrected chi connectivity index (χ2v) is 6.23. The number of rotatable bonds is 8. The maximum Gasteiger partial charge on any atom is 0.325 e. The highest BCUT2D eigenvalue weighted by Crippen LogP contribution is 2.16. The molecule has 0 unspecified atom stereocenters. The van der Waals surface area contributed by atoms with E-state index >= 15 is 0 Å². The Hall–Kier alpha value is -2.62. The lowest BCUT2D eigenvalue weighted by Crippen LogP contribution is -2.35. The number of carbonyl (C=O) groups is 3. The number of hydrogen-bond donors (Lipinski definition) is 2. The maximum absolute atomic E-state index is 11.8. The Morgan fingerprint density at radius 3 is 2.31 bits per heavy atom. The van der Waals surface area contributed by atoms with Crippen LogP contribution >= 0.6 is 22.6 Å². The summed E-state index contributed by atoms with van der Waals surface area (Å²) in [5.41, 5.74) is 0.639. The van der Waals surface area contributed by atoms with E-state index in [1.807, 2.05) is 18.2 Å². The molecule has 0 heterocycles. The van der Waals surface area contributed by atoms with Gasteiger partial charge in [0.1, 0.15) is 12.3 Å². The van der Waals surface area contributed by atoms with Crippen LogP contribution in [0.15, 0.2) is 54.6 Å². The molecule has 0 saturated carbocycles. The average Bonchev–Trinajstić information content (AvgIpc) is 2.65. The molecular formula is C18H17IN2O5. The molecule has 0 aromatic heterocycles. The number of amides is 2. The van der Waals surface area contributed by atoms with Gasteiger partial charge in [0.25, 0.3) is 11.8 Å². The van der Waals surface area contributed by atoms with Crippen molar-refractivity contribution in [1.82, 2.24) is 5.32 Å². The fourth-order valence-corrected chi connectivity index (χ4v) is 2.36. The molecule has 0 aliphatic heterocycles. The lowest BCUT2D eigenvalue weighted by atomic mass is 10.3. The number of anilines is 1. The first kappa shape index (κ1) is 19.7. The van der Waals surface area contributed by atoms with Crippen LogP contribution in [0.1, 0.15) is 0 Å². The van der Waals surface area contributed by atoms with Crippen molar-refractivity contribution < 1.29 is 23.9 Å². The normalized spacial score (nSPS) is 9.88. The molecule has 0 bridgehead atoms. The standard InChI is InChI=1S/C18H17IN2O5/c19-14-8-4-5-9-15(14)21-17(23)12-26-18(24)10-20-16(22)11-25-13-6-2-1-3-7-13/h1-9H,10-12H2,(H,20,22)(H,21,23).